The standard InChI is InChI=1S/C80H105N17O18/c1-54(99)97-64-16-15-57(44-66(64)96(50-68(97)56-13-14-56)47-58-10-7-8-11-59(58)52-98)55-20-29-95(30-21-55)72(103)53-115-43-42-114-41-40-113-39-38-112-37-36-111-35-34-110-33-32-109-31-26-81-70(101)18-24-84-79(107)74-85-60(49-93(74)5)45-62(100)17-23-83-78(106)73-63(22-28-91(73)3)87-80(108)75-89-69(51-94(75)6)88-71(102)19-25-82-76(104)67-46-61(48-92(67)4)86-77(105)65-12-9-27-90(65)2/h7-12,15-16,20,22,27-28,44,46,48-49,51,56,68,98H,13-14,17-19,21,23-26,29-43,45,47,50,52-53H2,1-6H3,(H,81,101)(H,82,104)(H,83,106)(H,84,107)(H,86,105)(H,87,108)(H,88,102)/t68-/m1/s1. The Morgan fingerprint density at radius 2 is 1.16 bits per heavy atom. The number of aromatic nitrogens is 7. The maximum atomic E-state index is 13.5. The predicted molar refractivity (Wildman–Crippen MR) is 424 cm³/mol. The SMILES string of the molecule is CC(=O)N1c2ccc(C3=CCN(C(=O)COCCOCCOCCOCCOCCOCCOCCNC(=O)CCNC(=O)c4nc(CC(=O)CCNC(=O)c5c(NC(=O)c6nc(NC(=O)CCNC(=O)c7cc(NC(=O)c8cccn8C)cn7C)cn6C)ccn5C)cn4C)CC3)cc2N(Cc2ccccc2CO)C[C@@H]1C1CC1. The van der Waals surface area contributed by atoms with Crippen molar-refractivity contribution in [2.45, 2.75) is 71.1 Å². The predicted octanol–water partition coefficient (Wildman–Crippen LogP) is 3.68. The van der Waals surface area contributed by atoms with Gasteiger partial charge in [0, 0.05) is 145 Å². The third-order valence-corrected chi connectivity index (χ3v) is 19.5. The van der Waals surface area contributed by atoms with E-state index in [2.05, 4.69) is 82.4 Å². The van der Waals surface area contributed by atoms with Crippen LogP contribution < -0.4 is 47.0 Å². The maximum Gasteiger partial charge on any atom is 0.291 e. The Bertz CT molecular complexity index is 4550. The molecule has 9 amide bonds. The van der Waals surface area contributed by atoms with Crippen LogP contribution in [0.1, 0.15) is 121 Å². The molecule has 0 saturated heterocycles. The average Bonchev–Trinajstić information content (AvgIpc) is 1.58. The molecule has 0 bridgehead atoms. The highest BCUT2D eigenvalue weighted by Crippen LogP contribution is 2.46. The van der Waals surface area contributed by atoms with Crippen LogP contribution in [-0.2, 0) is 112 Å². The first kappa shape index (κ1) is 86.2. The van der Waals surface area contributed by atoms with Gasteiger partial charge in [-0.3, -0.25) is 47.9 Å². The number of carbonyl (C=O) groups is 10. The fraction of sp³-hybridized carbons (Fsp3) is 0.475. The molecule has 7 aromatic rings. The van der Waals surface area contributed by atoms with Gasteiger partial charge in [0.1, 0.15) is 29.5 Å². The van der Waals surface area contributed by atoms with E-state index in [1.807, 2.05) is 23.1 Å². The van der Waals surface area contributed by atoms with Crippen LogP contribution in [-0.4, -0.2) is 246 Å². The molecule has 3 aliphatic rings. The molecule has 8 N–H and O–H groups in total. The molecule has 0 radical (unpaired) electrons. The summed E-state index contributed by atoms with van der Waals surface area (Å²) in [5.41, 5.74) is 7.80. The Labute approximate surface area is 666 Å². The molecule has 2 aliphatic heterocycles. The molecule has 7 heterocycles. The van der Waals surface area contributed by atoms with E-state index in [9.17, 15) is 53.1 Å². The number of aryl methyl sites for hydroxylation is 5. The summed E-state index contributed by atoms with van der Waals surface area (Å²) in [6.07, 6.45) is 12.6. The van der Waals surface area contributed by atoms with Crippen LogP contribution in [0.5, 0.6) is 0 Å². The number of hydrogen-bond acceptors (Lipinski definition) is 21. The van der Waals surface area contributed by atoms with Crippen molar-refractivity contribution in [2.75, 3.05) is 164 Å². The first-order chi connectivity index (χ1) is 55.6. The van der Waals surface area contributed by atoms with Crippen molar-refractivity contribution < 1.29 is 86.2 Å². The van der Waals surface area contributed by atoms with Gasteiger partial charge in [0.25, 0.3) is 29.5 Å². The van der Waals surface area contributed by atoms with Crippen molar-refractivity contribution in [1.82, 2.24) is 59.0 Å². The van der Waals surface area contributed by atoms with Gasteiger partial charge in [-0.25, -0.2) is 9.97 Å². The number of carbonyl (C=O) groups excluding carboxylic acids is 10. The van der Waals surface area contributed by atoms with Gasteiger partial charge in [-0.05, 0) is 83.8 Å². The van der Waals surface area contributed by atoms with Gasteiger partial charge in [0.05, 0.1) is 133 Å². The van der Waals surface area contributed by atoms with Crippen LogP contribution in [0.3, 0.4) is 0 Å². The van der Waals surface area contributed by atoms with Gasteiger partial charge in [0.15, 0.2) is 11.6 Å². The van der Waals surface area contributed by atoms with Crippen molar-refractivity contribution in [2.24, 2.45) is 41.2 Å². The summed E-state index contributed by atoms with van der Waals surface area (Å²) in [5.74, 6) is -3.18. The molecule has 1 saturated carbocycles. The van der Waals surface area contributed by atoms with Crippen LogP contribution in [0.15, 0.2) is 104 Å². The van der Waals surface area contributed by atoms with Crippen LogP contribution in [0.2, 0.25) is 0 Å². The fourth-order valence-electron chi connectivity index (χ4n) is 13.4. The van der Waals surface area contributed by atoms with Crippen molar-refractivity contribution >= 4 is 93.1 Å². The van der Waals surface area contributed by atoms with Crippen molar-refractivity contribution in [3.8, 4) is 0 Å². The van der Waals surface area contributed by atoms with E-state index in [-0.39, 0.29) is 148 Å². The van der Waals surface area contributed by atoms with E-state index in [4.69, 9.17) is 33.2 Å². The molecule has 10 rings (SSSR count). The highest BCUT2D eigenvalue weighted by Gasteiger charge is 2.43. The lowest BCUT2D eigenvalue weighted by Gasteiger charge is -2.44. The number of anilines is 5. The number of aliphatic hydroxyl groups is 1. The number of aliphatic hydroxyl groups excluding tert-OH is 1. The topological polar surface area (TPSA) is 400 Å². The van der Waals surface area contributed by atoms with E-state index in [0.717, 1.165) is 53.0 Å². The minimum absolute atomic E-state index is 0.00301. The quantitative estimate of drug-likeness (QED) is 0.0252. The van der Waals surface area contributed by atoms with Crippen molar-refractivity contribution in [3.63, 3.8) is 0 Å². The number of ketones is 1. The number of amides is 9. The van der Waals surface area contributed by atoms with Crippen molar-refractivity contribution in [1.29, 1.82) is 0 Å². The Balaban J connectivity index is 0.489. The largest absolute Gasteiger partial charge is 0.392 e. The third kappa shape index (κ3) is 25.4. The highest BCUT2D eigenvalue weighted by molar-refractivity contribution is 6.08. The lowest BCUT2D eigenvalue weighted by Crippen LogP contribution is -2.52. The van der Waals surface area contributed by atoms with Crippen LogP contribution in [0.25, 0.3) is 5.57 Å². The number of imidazole rings is 2. The zero-order valence-corrected chi connectivity index (χ0v) is 66.0. The summed E-state index contributed by atoms with van der Waals surface area (Å²) in [6.45, 7) is 8.75. The van der Waals surface area contributed by atoms with Gasteiger partial charge < -0.3 is 113 Å². The summed E-state index contributed by atoms with van der Waals surface area (Å²) in [4.78, 5) is 145. The summed E-state index contributed by atoms with van der Waals surface area (Å²) in [7, 11) is 8.16. The summed E-state index contributed by atoms with van der Waals surface area (Å²) >= 11 is 0. The number of benzene rings is 2. The Hall–Kier alpha value is -11.2. The van der Waals surface area contributed by atoms with E-state index in [1.165, 1.54) is 32.0 Å². The van der Waals surface area contributed by atoms with Crippen LogP contribution in [0, 0.1) is 5.92 Å². The average molecular weight is 1590 g/mol. The van der Waals surface area contributed by atoms with E-state index < -0.39 is 29.5 Å². The number of Topliss-reactive ketones (excluding diaryl/α,β-unsaturated/α-hetero) is 1. The van der Waals surface area contributed by atoms with E-state index in [1.54, 1.807) is 93.1 Å². The number of nitrogens with one attached hydrogen (secondary N) is 7. The smallest absolute Gasteiger partial charge is 0.291 e. The van der Waals surface area contributed by atoms with Gasteiger partial charge >= 0.3 is 0 Å². The molecular weight excluding hydrogens is 1490 g/mol. The van der Waals surface area contributed by atoms with Gasteiger partial charge in [-0.1, -0.05) is 36.4 Å². The lowest BCUT2D eigenvalue weighted by molar-refractivity contribution is -0.136. The number of hydrogen-bond donors (Lipinski definition) is 8. The summed E-state index contributed by atoms with van der Waals surface area (Å²) < 4.78 is 46.7. The summed E-state index contributed by atoms with van der Waals surface area (Å²) in [6, 6.07) is 20.9. The molecule has 618 valence electrons. The fourth-order valence-corrected chi connectivity index (χ4v) is 13.4. The zero-order chi connectivity index (χ0) is 81.8. The first-order valence-electron chi connectivity index (χ1n) is 38.5. The maximum absolute atomic E-state index is 13.5. The summed E-state index contributed by atoms with van der Waals surface area (Å²) in [5, 5.41) is 29.0. The van der Waals surface area contributed by atoms with Gasteiger partial charge in [0.2, 0.25) is 29.5 Å². The van der Waals surface area contributed by atoms with Crippen LogP contribution >= 0.6 is 0 Å². The van der Waals surface area contributed by atoms with Crippen molar-refractivity contribution in [3.05, 3.63) is 155 Å². The van der Waals surface area contributed by atoms with E-state index in [0.29, 0.717) is 122 Å². The molecule has 1 atom stereocenters. The van der Waals surface area contributed by atoms with Gasteiger partial charge in [-0.15, -0.1) is 0 Å². The molecular formula is C80H105N17O18. The second kappa shape index (κ2) is 43.3. The third-order valence-electron chi connectivity index (χ3n) is 19.5. The Morgan fingerprint density at radius 3 is 1.80 bits per heavy atom. The number of fused-ring (bicyclic) bond motifs is 1. The minimum Gasteiger partial charge on any atom is -0.392 e. The molecule has 5 aromatic heterocycles. The number of rotatable bonds is 47. The Morgan fingerprint density at radius 1 is 0.530 bits per heavy atom. The van der Waals surface area contributed by atoms with Gasteiger partial charge in [-0.2, -0.15) is 0 Å². The number of ether oxygens (including phenoxy) is 7. The normalized spacial score (nSPS) is 13.9. The Kier molecular flexibility index (Phi) is 32.5. The molecule has 1 aliphatic carbocycles. The molecule has 0 unspecified atom stereocenters. The lowest BCUT2D eigenvalue weighted by atomic mass is 9.95. The minimum atomic E-state index is -0.683. The van der Waals surface area contributed by atoms with Crippen LogP contribution in [0.4, 0.5) is 28.6 Å². The molecule has 35 nitrogen and oxygen atoms in total. The molecule has 2 aromatic carbocycles. The monoisotopic (exact) mass is 1590 g/mol. The van der Waals surface area contributed by atoms with E-state index >= 15 is 0 Å². The molecule has 115 heavy (non-hydrogen) atoms. The first-order valence-corrected chi connectivity index (χ1v) is 38.5. The second-order valence-corrected chi connectivity index (χ2v) is 28.0. The molecule has 35 heteroatoms. The molecule has 0 spiro atoms. The highest BCUT2D eigenvalue weighted by atomic mass is 16.6. The second-order valence-electron chi connectivity index (χ2n) is 28.0. The number of nitrogens with zero attached hydrogens (tertiary/aromatic N) is 10. The molecule has 1 fully saturated rings. The zero-order valence-electron chi connectivity index (χ0n) is 66.0.